The second-order valence-corrected chi connectivity index (χ2v) is 3.43. The highest BCUT2D eigenvalue weighted by Crippen LogP contribution is 2.21. The van der Waals surface area contributed by atoms with Gasteiger partial charge in [-0.1, -0.05) is 0 Å². The zero-order valence-corrected chi connectivity index (χ0v) is 8.60. The van der Waals surface area contributed by atoms with Crippen molar-refractivity contribution in [2.45, 2.75) is 32.4 Å². The van der Waals surface area contributed by atoms with Crippen LogP contribution in [0.3, 0.4) is 0 Å². The fourth-order valence-electron chi connectivity index (χ4n) is 1.75. The Labute approximate surface area is 86.8 Å². The molecule has 1 amide bonds. The summed E-state index contributed by atoms with van der Waals surface area (Å²) < 4.78 is 4.85. The van der Waals surface area contributed by atoms with Gasteiger partial charge < -0.3 is 14.7 Å². The van der Waals surface area contributed by atoms with Crippen molar-refractivity contribution in [3.05, 3.63) is 0 Å². The lowest BCUT2D eigenvalue weighted by molar-refractivity contribution is -0.157. The fourth-order valence-corrected chi connectivity index (χ4v) is 1.75. The van der Waals surface area contributed by atoms with Crippen molar-refractivity contribution >= 4 is 17.8 Å². The number of nitrogens with zero attached hydrogens (tertiary/aromatic N) is 1. The van der Waals surface area contributed by atoms with Gasteiger partial charge in [-0.15, -0.1) is 0 Å². The van der Waals surface area contributed by atoms with Gasteiger partial charge in [0, 0.05) is 26.8 Å². The van der Waals surface area contributed by atoms with Gasteiger partial charge in [-0.25, -0.2) is 4.79 Å². The van der Waals surface area contributed by atoms with E-state index in [2.05, 4.69) is 0 Å². The SMILES string of the molecule is CC(=O)OC1CCN(C(C)=O)[C@@H]1C(=O)O. The molecule has 1 N–H and O–H groups in total. The molecule has 1 aliphatic rings. The molecule has 0 spiro atoms. The van der Waals surface area contributed by atoms with Crippen LogP contribution in [0.25, 0.3) is 0 Å². The summed E-state index contributed by atoms with van der Waals surface area (Å²) in [6.45, 7) is 2.83. The van der Waals surface area contributed by atoms with E-state index < -0.39 is 24.1 Å². The Bertz CT molecular complexity index is 301. The summed E-state index contributed by atoms with van der Waals surface area (Å²) in [6, 6.07) is -1.05. The summed E-state index contributed by atoms with van der Waals surface area (Å²) >= 11 is 0. The van der Waals surface area contributed by atoms with Crippen LogP contribution < -0.4 is 0 Å². The first-order chi connectivity index (χ1) is 6.93. The predicted molar refractivity (Wildman–Crippen MR) is 49.0 cm³/mol. The standard InChI is InChI=1S/C9H13NO5/c1-5(11)10-4-3-7(15-6(2)12)8(10)9(13)14/h7-8H,3-4H2,1-2H3,(H,13,14)/t7?,8-/m0/s1. The Kier molecular flexibility index (Phi) is 3.28. The Morgan fingerprint density at radius 2 is 1.93 bits per heavy atom. The summed E-state index contributed by atoms with van der Waals surface area (Å²) in [5, 5.41) is 8.93. The first-order valence-electron chi connectivity index (χ1n) is 4.60. The van der Waals surface area contributed by atoms with Crippen molar-refractivity contribution in [2.24, 2.45) is 0 Å². The van der Waals surface area contributed by atoms with E-state index in [1.807, 2.05) is 0 Å². The van der Waals surface area contributed by atoms with Crippen molar-refractivity contribution in [2.75, 3.05) is 6.54 Å². The van der Waals surface area contributed by atoms with E-state index in [1.165, 1.54) is 18.7 Å². The molecule has 0 aliphatic carbocycles. The lowest BCUT2D eigenvalue weighted by atomic mass is 10.1. The Hall–Kier alpha value is -1.59. The van der Waals surface area contributed by atoms with Crippen LogP contribution in [0.4, 0.5) is 0 Å². The molecule has 0 aromatic carbocycles. The number of likely N-dealkylation sites (tertiary alicyclic amines) is 1. The van der Waals surface area contributed by atoms with Crippen LogP contribution >= 0.6 is 0 Å². The third kappa shape index (κ3) is 2.45. The molecule has 0 aromatic rings. The number of carboxylic acid groups (broad SMARTS) is 1. The third-order valence-corrected chi connectivity index (χ3v) is 2.32. The van der Waals surface area contributed by atoms with Gasteiger partial charge in [-0.2, -0.15) is 0 Å². The molecule has 6 nitrogen and oxygen atoms in total. The molecule has 0 bridgehead atoms. The molecule has 0 aromatic heterocycles. The minimum Gasteiger partial charge on any atom is -0.480 e. The van der Waals surface area contributed by atoms with Crippen LogP contribution in [0.2, 0.25) is 0 Å². The molecule has 0 radical (unpaired) electrons. The highest BCUT2D eigenvalue weighted by Gasteiger charge is 2.42. The lowest BCUT2D eigenvalue weighted by Crippen LogP contribution is -2.45. The largest absolute Gasteiger partial charge is 0.480 e. The van der Waals surface area contributed by atoms with Gasteiger partial charge in [0.25, 0.3) is 0 Å². The Balaban J connectivity index is 2.79. The topological polar surface area (TPSA) is 83.9 Å². The number of rotatable bonds is 2. The van der Waals surface area contributed by atoms with Crippen LogP contribution in [0, 0.1) is 0 Å². The van der Waals surface area contributed by atoms with E-state index in [0.29, 0.717) is 13.0 Å². The molecule has 1 unspecified atom stereocenters. The Morgan fingerprint density at radius 3 is 2.33 bits per heavy atom. The van der Waals surface area contributed by atoms with Crippen LogP contribution in [-0.2, 0) is 19.1 Å². The van der Waals surface area contributed by atoms with Gasteiger partial charge >= 0.3 is 11.9 Å². The summed E-state index contributed by atoms with van der Waals surface area (Å²) in [6.07, 6.45) is -0.361. The number of carbonyl (C=O) groups is 3. The van der Waals surface area contributed by atoms with Crippen molar-refractivity contribution in [1.29, 1.82) is 0 Å². The first-order valence-corrected chi connectivity index (χ1v) is 4.60. The van der Waals surface area contributed by atoms with Crippen LogP contribution in [0.1, 0.15) is 20.3 Å². The van der Waals surface area contributed by atoms with Gasteiger partial charge in [0.05, 0.1) is 0 Å². The molecule has 15 heavy (non-hydrogen) atoms. The van der Waals surface area contributed by atoms with Crippen LogP contribution in [-0.4, -0.2) is 46.5 Å². The fraction of sp³-hybridized carbons (Fsp3) is 0.667. The van der Waals surface area contributed by atoms with E-state index in [-0.39, 0.29) is 5.91 Å². The summed E-state index contributed by atoms with van der Waals surface area (Å²) in [5.74, 6) is -2.00. The van der Waals surface area contributed by atoms with E-state index >= 15 is 0 Å². The highest BCUT2D eigenvalue weighted by atomic mass is 16.5. The van der Waals surface area contributed by atoms with E-state index in [4.69, 9.17) is 9.84 Å². The molecule has 1 saturated heterocycles. The summed E-state index contributed by atoms with van der Waals surface area (Å²) in [5.41, 5.74) is 0. The molecule has 1 aliphatic heterocycles. The lowest BCUT2D eigenvalue weighted by Gasteiger charge is -2.22. The summed E-state index contributed by atoms with van der Waals surface area (Å²) in [7, 11) is 0. The van der Waals surface area contributed by atoms with E-state index in [0.717, 1.165) is 0 Å². The van der Waals surface area contributed by atoms with Gasteiger partial charge in [-0.3, -0.25) is 9.59 Å². The molecular formula is C9H13NO5. The highest BCUT2D eigenvalue weighted by molar-refractivity contribution is 5.84. The van der Waals surface area contributed by atoms with Crippen molar-refractivity contribution in [1.82, 2.24) is 4.90 Å². The molecule has 0 saturated carbocycles. The van der Waals surface area contributed by atoms with Crippen LogP contribution in [0.5, 0.6) is 0 Å². The molecule has 6 heteroatoms. The summed E-state index contributed by atoms with van der Waals surface area (Å²) in [4.78, 5) is 34.0. The quantitative estimate of drug-likeness (QED) is 0.635. The number of carboxylic acids is 1. The number of ether oxygens (including phenoxy) is 1. The predicted octanol–water partition coefficient (Wildman–Crippen LogP) is -0.376. The van der Waals surface area contributed by atoms with Crippen molar-refractivity contribution in [3.8, 4) is 0 Å². The monoisotopic (exact) mass is 215 g/mol. The maximum absolute atomic E-state index is 11.1. The first kappa shape index (κ1) is 11.5. The molecule has 1 heterocycles. The minimum absolute atomic E-state index is 0.310. The maximum Gasteiger partial charge on any atom is 0.330 e. The number of hydrogen-bond acceptors (Lipinski definition) is 4. The average Bonchev–Trinajstić information content (AvgIpc) is 2.46. The Morgan fingerprint density at radius 1 is 1.33 bits per heavy atom. The zero-order chi connectivity index (χ0) is 11.6. The normalized spacial score (nSPS) is 25.1. The minimum atomic E-state index is -1.14. The number of amides is 1. The second-order valence-electron chi connectivity index (χ2n) is 3.43. The van der Waals surface area contributed by atoms with Crippen LogP contribution in [0.15, 0.2) is 0 Å². The van der Waals surface area contributed by atoms with Crippen molar-refractivity contribution in [3.63, 3.8) is 0 Å². The van der Waals surface area contributed by atoms with Gasteiger partial charge in [0.15, 0.2) is 6.04 Å². The molecular weight excluding hydrogens is 202 g/mol. The average molecular weight is 215 g/mol. The van der Waals surface area contributed by atoms with Crippen molar-refractivity contribution < 1.29 is 24.2 Å². The van der Waals surface area contributed by atoms with Gasteiger partial charge in [-0.05, 0) is 0 Å². The van der Waals surface area contributed by atoms with E-state index in [9.17, 15) is 14.4 Å². The molecule has 2 atom stereocenters. The van der Waals surface area contributed by atoms with Gasteiger partial charge in [0.2, 0.25) is 5.91 Å². The number of carbonyl (C=O) groups excluding carboxylic acids is 2. The number of esters is 1. The van der Waals surface area contributed by atoms with E-state index in [1.54, 1.807) is 0 Å². The molecule has 84 valence electrons. The molecule has 1 rings (SSSR count). The zero-order valence-electron chi connectivity index (χ0n) is 8.60. The number of aliphatic carboxylic acids is 1. The smallest absolute Gasteiger partial charge is 0.330 e. The maximum atomic E-state index is 11.1. The third-order valence-electron chi connectivity index (χ3n) is 2.32. The second kappa shape index (κ2) is 4.29. The van der Waals surface area contributed by atoms with Gasteiger partial charge in [0.1, 0.15) is 6.10 Å². The molecule has 1 fully saturated rings. The number of hydrogen-bond donors (Lipinski definition) is 1.